The zero-order valence-electron chi connectivity index (χ0n) is 14.1. The van der Waals surface area contributed by atoms with Crippen molar-refractivity contribution < 1.29 is 4.92 Å². The summed E-state index contributed by atoms with van der Waals surface area (Å²) in [6, 6.07) is 11.0. The number of pyridine rings is 1. The molecular formula is C18H22N4O2. The number of rotatable bonds is 3. The minimum atomic E-state index is -0.361. The molecule has 126 valence electrons. The fourth-order valence-electron chi connectivity index (χ4n) is 3.17. The Balaban J connectivity index is 1.71. The first-order valence-corrected chi connectivity index (χ1v) is 8.22. The highest BCUT2D eigenvalue weighted by atomic mass is 16.6. The summed E-state index contributed by atoms with van der Waals surface area (Å²) in [7, 11) is 0. The lowest BCUT2D eigenvalue weighted by molar-refractivity contribution is -0.384. The SMILES string of the molecule is Cc1cc(C)nc(N2CCCN(c3ccc([N+](=O)[O-])cc3)CC2)c1. The molecule has 1 aliphatic rings. The number of nitrogens with zero attached hydrogens (tertiary/aromatic N) is 4. The molecule has 0 aliphatic carbocycles. The first-order chi connectivity index (χ1) is 11.5. The average Bonchev–Trinajstić information content (AvgIpc) is 2.80. The van der Waals surface area contributed by atoms with Crippen molar-refractivity contribution in [3.05, 3.63) is 57.8 Å². The van der Waals surface area contributed by atoms with E-state index in [9.17, 15) is 10.1 Å². The van der Waals surface area contributed by atoms with Crippen molar-refractivity contribution in [3.63, 3.8) is 0 Å². The maximum absolute atomic E-state index is 10.8. The molecule has 0 atom stereocenters. The Kier molecular flexibility index (Phi) is 4.64. The normalized spacial score (nSPS) is 15.2. The van der Waals surface area contributed by atoms with Crippen molar-refractivity contribution in [2.24, 2.45) is 0 Å². The molecule has 1 aromatic heterocycles. The third kappa shape index (κ3) is 3.64. The fourth-order valence-corrected chi connectivity index (χ4v) is 3.17. The van der Waals surface area contributed by atoms with Gasteiger partial charge in [-0.3, -0.25) is 10.1 Å². The van der Waals surface area contributed by atoms with Gasteiger partial charge in [0.15, 0.2) is 0 Å². The number of benzene rings is 1. The second-order valence-electron chi connectivity index (χ2n) is 6.25. The van der Waals surface area contributed by atoms with Crippen LogP contribution >= 0.6 is 0 Å². The molecule has 1 fully saturated rings. The largest absolute Gasteiger partial charge is 0.370 e. The summed E-state index contributed by atoms with van der Waals surface area (Å²) >= 11 is 0. The van der Waals surface area contributed by atoms with Crippen LogP contribution in [0.3, 0.4) is 0 Å². The van der Waals surface area contributed by atoms with Crippen LogP contribution in [0.4, 0.5) is 17.2 Å². The molecule has 6 heteroatoms. The molecule has 0 N–H and O–H groups in total. The lowest BCUT2D eigenvalue weighted by Gasteiger charge is -2.24. The van der Waals surface area contributed by atoms with Gasteiger partial charge >= 0.3 is 0 Å². The molecule has 1 aromatic carbocycles. The molecule has 1 aliphatic heterocycles. The van der Waals surface area contributed by atoms with E-state index in [-0.39, 0.29) is 10.6 Å². The second kappa shape index (κ2) is 6.86. The van der Waals surface area contributed by atoms with Gasteiger partial charge in [-0.05, 0) is 50.1 Å². The van der Waals surface area contributed by atoms with Gasteiger partial charge in [-0.15, -0.1) is 0 Å². The summed E-state index contributed by atoms with van der Waals surface area (Å²) in [5.74, 6) is 1.04. The highest BCUT2D eigenvalue weighted by Gasteiger charge is 2.17. The Hall–Kier alpha value is -2.63. The molecule has 6 nitrogen and oxygen atoms in total. The van der Waals surface area contributed by atoms with Gasteiger partial charge < -0.3 is 9.80 Å². The monoisotopic (exact) mass is 326 g/mol. The Morgan fingerprint density at radius 3 is 2.33 bits per heavy atom. The van der Waals surface area contributed by atoms with Gasteiger partial charge in [-0.1, -0.05) is 0 Å². The first-order valence-electron chi connectivity index (χ1n) is 8.22. The van der Waals surface area contributed by atoms with Crippen LogP contribution in [0.2, 0.25) is 0 Å². The molecule has 24 heavy (non-hydrogen) atoms. The van der Waals surface area contributed by atoms with Gasteiger partial charge in [-0.25, -0.2) is 4.98 Å². The number of anilines is 2. The van der Waals surface area contributed by atoms with Gasteiger partial charge in [0, 0.05) is 49.7 Å². The van der Waals surface area contributed by atoms with Gasteiger partial charge in [0.1, 0.15) is 5.82 Å². The van der Waals surface area contributed by atoms with Crippen LogP contribution in [0, 0.1) is 24.0 Å². The van der Waals surface area contributed by atoms with E-state index >= 15 is 0 Å². The number of hydrogen-bond acceptors (Lipinski definition) is 5. The van der Waals surface area contributed by atoms with Crippen molar-refractivity contribution in [1.82, 2.24) is 4.98 Å². The third-order valence-corrected chi connectivity index (χ3v) is 4.33. The Labute approximate surface area is 141 Å². The van der Waals surface area contributed by atoms with Crippen molar-refractivity contribution in [1.29, 1.82) is 0 Å². The maximum atomic E-state index is 10.8. The molecule has 0 spiro atoms. The van der Waals surface area contributed by atoms with Crippen LogP contribution in [0.15, 0.2) is 36.4 Å². The lowest BCUT2D eigenvalue weighted by Crippen LogP contribution is -2.31. The number of aromatic nitrogens is 1. The van der Waals surface area contributed by atoms with Crippen LogP contribution in [0.1, 0.15) is 17.7 Å². The number of nitro groups is 1. The molecule has 0 bridgehead atoms. The molecule has 2 heterocycles. The zero-order valence-corrected chi connectivity index (χ0v) is 14.1. The predicted octanol–water partition coefficient (Wildman–Crippen LogP) is 3.32. The zero-order chi connectivity index (χ0) is 17.1. The van der Waals surface area contributed by atoms with Gasteiger partial charge in [0.25, 0.3) is 5.69 Å². The van der Waals surface area contributed by atoms with Crippen LogP contribution < -0.4 is 9.80 Å². The van der Waals surface area contributed by atoms with E-state index in [0.29, 0.717) is 0 Å². The van der Waals surface area contributed by atoms with Crippen LogP contribution in [0.25, 0.3) is 0 Å². The van der Waals surface area contributed by atoms with E-state index in [1.54, 1.807) is 12.1 Å². The van der Waals surface area contributed by atoms with Crippen LogP contribution in [-0.4, -0.2) is 36.1 Å². The van der Waals surface area contributed by atoms with E-state index in [1.807, 2.05) is 19.1 Å². The van der Waals surface area contributed by atoms with Crippen molar-refractivity contribution in [3.8, 4) is 0 Å². The average molecular weight is 326 g/mol. The van der Waals surface area contributed by atoms with Crippen LogP contribution in [0.5, 0.6) is 0 Å². The Morgan fingerprint density at radius 2 is 1.67 bits per heavy atom. The first kappa shape index (κ1) is 16.2. The minimum Gasteiger partial charge on any atom is -0.370 e. The van der Waals surface area contributed by atoms with Gasteiger partial charge in [0.05, 0.1) is 4.92 Å². The Bertz CT molecular complexity index is 710. The summed E-state index contributed by atoms with van der Waals surface area (Å²) in [4.78, 5) is 19.7. The topological polar surface area (TPSA) is 62.5 Å². The molecule has 2 aromatic rings. The van der Waals surface area contributed by atoms with Gasteiger partial charge in [0.2, 0.25) is 0 Å². The van der Waals surface area contributed by atoms with Gasteiger partial charge in [-0.2, -0.15) is 0 Å². The number of hydrogen-bond donors (Lipinski definition) is 0. The molecule has 0 radical (unpaired) electrons. The summed E-state index contributed by atoms with van der Waals surface area (Å²) in [6.07, 6.45) is 1.03. The van der Waals surface area contributed by atoms with Crippen molar-refractivity contribution in [2.75, 3.05) is 36.0 Å². The standard InChI is InChI=1S/C18H22N4O2/c1-14-12-15(2)19-18(13-14)21-9-3-8-20(10-11-21)16-4-6-17(7-5-16)22(23)24/h4-7,12-13H,3,8-11H2,1-2H3. The number of nitro benzene ring substituents is 1. The van der Waals surface area contributed by atoms with E-state index < -0.39 is 0 Å². The highest BCUT2D eigenvalue weighted by Crippen LogP contribution is 2.22. The third-order valence-electron chi connectivity index (χ3n) is 4.33. The van der Waals surface area contributed by atoms with Crippen molar-refractivity contribution in [2.45, 2.75) is 20.3 Å². The number of aryl methyl sites for hydroxylation is 2. The highest BCUT2D eigenvalue weighted by molar-refractivity contribution is 5.52. The van der Waals surface area contributed by atoms with Crippen LogP contribution in [-0.2, 0) is 0 Å². The Morgan fingerprint density at radius 1 is 1.00 bits per heavy atom. The minimum absolute atomic E-state index is 0.134. The van der Waals surface area contributed by atoms with E-state index in [1.165, 1.54) is 5.56 Å². The summed E-state index contributed by atoms with van der Waals surface area (Å²) in [5.41, 5.74) is 3.45. The summed E-state index contributed by atoms with van der Waals surface area (Å²) in [6.45, 7) is 7.81. The molecule has 3 rings (SSSR count). The fraction of sp³-hybridized carbons (Fsp3) is 0.389. The van der Waals surface area contributed by atoms with Crippen molar-refractivity contribution >= 4 is 17.2 Å². The lowest BCUT2D eigenvalue weighted by atomic mass is 10.2. The quantitative estimate of drug-likeness (QED) is 0.639. The number of non-ortho nitro benzene ring substituents is 1. The molecule has 0 unspecified atom stereocenters. The smallest absolute Gasteiger partial charge is 0.269 e. The molecule has 0 saturated carbocycles. The summed E-state index contributed by atoms with van der Waals surface area (Å²) < 4.78 is 0. The molecular weight excluding hydrogens is 304 g/mol. The van der Waals surface area contributed by atoms with E-state index in [4.69, 9.17) is 0 Å². The maximum Gasteiger partial charge on any atom is 0.269 e. The van der Waals surface area contributed by atoms with E-state index in [2.05, 4.69) is 33.8 Å². The predicted molar refractivity (Wildman–Crippen MR) is 95.9 cm³/mol. The molecule has 0 amide bonds. The summed E-state index contributed by atoms with van der Waals surface area (Å²) in [5, 5.41) is 10.8. The van der Waals surface area contributed by atoms with E-state index in [0.717, 1.165) is 49.8 Å². The molecule has 1 saturated heterocycles. The second-order valence-corrected chi connectivity index (χ2v) is 6.25.